The Hall–Kier alpha value is -3.16. The third kappa shape index (κ3) is 6.04. The number of likely N-dealkylation sites (N-methyl/N-ethyl adjacent to an activating group) is 1. The Morgan fingerprint density at radius 3 is 2.47 bits per heavy atom. The van der Waals surface area contributed by atoms with Gasteiger partial charge in [0.15, 0.2) is 10.8 Å². The molecule has 7 heteroatoms. The number of rotatable bonds is 11. The molecule has 0 aliphatic carbocycles. The second-order valence-corrected chi connectivity index (χ2v) is 9.02. The summed E-state index contributed by atoms with van der Waals surface area (Å²) in [7, 11) is 0. The van der Waals surface area contributed by atoms with Gasteiger partial charge < -0.3 is 10.2 Å². The standard InChI is InChI=1S/C27H31N5OS/c1-3-31(4-2)18-17-29-26(33)23-14-12-22(13-15-23)20-34-27-30-24-11-8-16-28-25(24)32(27)19-21-9-6-5-7-10-21/h5-16H,3-4,17-20H2,1-2H3,(H,29,33). The van der Waals surface area contributed by atoms with Crippen molar-refractivity contribution in [3.63, 3.8) is 0 Å². The van der Waals surface area contributed by atoms with Gasteiger partial charge in [-0.25, -0.2) is 9.97 Å². The van der Waals surface area contributed by atoms with Crippen molar-refractivity contribution in [2.75, 3.05) is 26.2 Å². The highest BCUT2D eigenvalue weighted by atomic mass is 32.2. The lowest BCUT2D eigenvalue weighted by atomic mass is 10.1. The van der Waals surface area contributed by atoms with Gasteiger partial charge in [-0.3, -0.25) is 9.36 Å². The number of imidazole rings is 1. The van der Waals surface area contributed by atoms with Crippen molar-refractivity contribution in [1.82, 2.24) is 24.8 Å². The van der Waals surface area contributed by atoms with Crippen LogP contribution in [0.5, 0.6) is 0 Å². The van der Waals surface area contributed by atoms with E-state index in [4.69, 9.17) is 4.98 Å². The number of benzene rings is 2. The van der Waals surface area contributed by atoms with Crippen LogP contribution in [0.15, 0.2) is 78.1 Å². The number of carbonyl (C=O) groups is 1. The number of fused-ring (bicyclic) bond motifs is 1. The van der Waals surface area contributed by atoms with Gasteiger partial charge in [-0.05, 0) is 48.5 Å². The van der Waals surface area contributed by atoms with Crippen molar-refractivity contribution in [2.45, 2.75) is 31.3 Å². The van der Waals surface area contributed by atoms with Crippen molar-refractivity contribution in [1.29, 1.82) is 0 Å². The van der Waals surface area contributed by atoms with Crippen LogP contribution < -0.4 is 5.32 Å². The van der Waals surface area contributed by atoms with Gasteiger partial charge in [0.2, 0.25) is 0 Å². The molecule has 4 aromatic rings. The van der Waals surface area contributed by atoms with Crippen LogP contribution in [0.4, 0.5) is 0 Å². The summed E-state index contributed by atoms with van der Waals surface area (Å²) >= 11 is 1.69. The maximum absolute atomic E-state index is 12.5. The fourth-order valence-corrected chi connectivity index (χ4v) is 4.78. The van der Waals surface area contributed by atoms with Gasteiger partial charge in [0.1, 0.15) is 5.52 Å². The smallest absolute Gasteiger partial charge is 0.251 e. The monoisotopic (exact) mass is 473 g/mol. The molecule has 0 saturated heterocycles. The molecule has 6 nitrogen and oxygen atoms in total. The summed E-state index contributed by atoms with van der Waals surface area (Å²) in [5.41, 5.74) is 4.85. The van der Waals surface area contributed by atoms with E-state index in [0.717, 1.165) is 53.8 Å². The zero-order valence-corrected chi connectivity index (χ0v) is 20.6. The minimum absolute atomic E-state index is 0.0258. The van der Waals surface area contributed by atoms with Crippen LogP contribution in [0, 0.1) is 0 Å². The minimum Gasteiger partial charge on any atom is -0.351 e. The van der Waals surface area contributed by atoms with Gasteiger partial charge in [-0.1, -0.05) is 68.1 Å². The average molecular weight is 474 g/mol. The Balaban J connectivity index is 1.40. The van der Waals surface area contributed by atoms with Crippen LogP contribution in [0.2, 0.25) is 0 Å². The van der Waals surface area contributed by atoms with Gasteiger partial charge >= 0.3 is 0 Å². The van der Waals surface area contributed by atoms with Crippen molar-refractivity contribution >= 4 is 28.8 Å². The molecule has 0 atom stereocenters. The molecule has 0 aliphatic rings. The number of nitrogens with zero attached hydrogens (tertiary/aromatic N) is 4. The maximum atomic E-state index is 12.5. The Bertz CT molecular complexity index is 1200. The summed E-state index contributed by atoms with van der Waals surface area (Å²) < 4.78 is 2.17. The molecule has 1 amide bonds. The number of carbonyl (C=O) groups excluding carboxylic acids is 1. The van der Waals surface area contributed by atoms with Crippen molar-refractivity contribution in [2.24, 2.45) is 0 Å². The molecule has 1 N–H and O–H groups in total. The quantitative estimate of drug-likeness (QED) is 0.316. The third-order valence-corrected chi connectivity index (χ3v) is 6.89. The van der Waals surface area contributed by atoms with E-state index in [1.54, 1.807) is 11.8 Å². The highest BCUT2D eigenvalue weighted by Crippen LogP contribution is 2.27. The molecule has 0 radical (unpaired) electrons. The second kappa shape index (κ2) is 11.8. The van der Waals surface area contributed by atoms with Crippen molar-refractivity contribution < 1.29 is 4.79 Å². The number of hydrogen-bond acceptors (Lipinski definition) is 5. The number of amides is 1. The van der Waals surface area contributed by atoms with Gasteiger partial charge in [0.05, 0.1) is 6.54 Å². The summed E-state index contributed by atoms with van der Waals surface area (Å²) in [6, 6.07) is 22.1. The maximum Gasteiger partial charge on any atom is 0.251 e. The molecule has 0 bridgehead atoms. The largest absolute Gasteiger partial charge is 0.351 e. The molecule has 34 heavy (non-hydrogen) atoms. The first-order chi connectivity index (χ1) is 16.7. The third-order valence-electron chi connectivity index (χ3n) is 5.84. The van der Waals surface area contributed by atoms with Crippen LogP contribution in [0.25, 0.3) is 11.2 Å². The van der Waals surface area contributed by atoms with Crippen molar-refractivity contribution in [3.8, 4) is 0 Å². The molecule has 0 unspecified atom stereocenters. The molecule has 2 aromatic heterocycles. The minimum atomic E-state index is -0.0258. The lowest BCUT2D eigenvalue weighted by Gasteiger charge is -2.17. The summed E-state index contributed by atoms with van der Waals surface area (Å²) in [4.78, 5) is 24.1. The number of thioether (sulfide) groups is 1. The van der Waals surface area contributed by atoms with Crippen LogP contribution >= 0.6 is 11.8 Å². The number of hydrogen-bond donors (Lipinski definition) is 1. The van der Waals surface area contributed by atoms with E-state index in [1.165, 1.54) is 5.56 Å². The number of nitrogens with one attached hydrogen (secondary N) is 1. The highest BCUT2D eigenvalue weighted by molar-refractivity contribution is 7.98. The van der Waals surface area contributed by atoms with Crippen LogP contribution in [0.1, 0.15) is 35.3 Å². The predicted octanol–water partition coefficient (Wildman–Crippen LogP) is 4.84. The molecule has 0 aliphatic heterocycles. The molecule has 4 rings (SSSR count). The summed E-state index contributed by atoms with van der Waals surface area (Å²) in [5, 5.41) is 3.96. The fraction of sp³-hybridized carbons (Fsp3) is 0.296. The van der Waals surface area contributed by atoms with E-state index >= 15 is 0 Å². The molecular formula is C27H31N5OS. The second-order valence-electron chi connectivity index (χ2n) is 8.08. The predicted molar refractivity (Wildman–Crippen MR) is 139 cm³/mol. The van der Waals surface area contributed by atoms with E-state index in [1.807, 2.05) is 48.7 Å². The highest BCUT2D eigenvalue weighted by Gasteiger charge is 2.13. The Morgan fingerprint density at radius 2 is 1.74 bits per heavy atom. The topological polar surface area (TPSA) is 63.1 Å². The number of pyridine rings is 1. The van der Waals surface area contributed by atoms with Crippen molar-refractivity contribution in [3.05, 3.63) is 89.6 Å². The molecule has 0 fully saturated rings. The van der Waals surface area contributed by atoms with E-state index in [2.05, 4.69) is 57.9 Å². The molecule has 176 valence electrons. The Morgan fingerprint density at radius 1 is 0.971 bits per heavy atom. The van der Waals surface area contributed by atoms with E-state index in [9.17, 15) is 4.79 Å². The molecule has 2 heterocycles. The van der Waals surface area contributed by atoms with Gasteiger partial charge in [-0.2, -0.15) is 0 Å². The van der Waals surface area contributed by atoms with E-state index in [-0.39, 0.29) is 5.91 Å². The van der Waals surface area contributed by atoms with Gasteiger partial charge in [0.25, 0.3) is 5.91 Å². The molecule has 0 saturated carbocycles. The lowest BCUT2D eigenvalue weighted by molar-refractivity contribution is 0.0949. The molecule has 0 spiro atoms. The fourth-order valence-electron chi connectivity index (χ4n) is 3.83. The summed E-state index contributed by atoms with van der Waals surface area (Å²) in [5.74, 6) is 0.740. The normalized spacial score (nSPS) is 11.3. The molecular weight excluding hydrogens is 442 g/mol. The Kier molecular flexibility index (Phi) is 8.33. The Labute approximate surface area is 205 Å². The summed E-state index contributed by atoms with van der Waals surface area (Å²) in [6.07, 6.45) is 1.81. The zero-order chi connectivity index (χ0) is 23.8. The van der Waals surface area contributed by atoms with Crippen LogP contribution in [-0.2, 0) is 12.3 Å². The van der Waals surface area contributed by atoms with Crippen LogP contribution in [0.3, 0.4) is 0 Å². The average Bonchev–Trinajstić information content (AvgIpc) is 3.23. The summed E-state index contributed by atoms with van der Waals surface area (Å²) in [6.45, 7) is 8.51. The van der Waals surface area contributed by atoms with E-state index < -0.39 is 0 Å². The lowest BCUT2D eigenvalue weighted by Crippen LogP contribution is -2.34. The van der Waals surface area contributed by atoms with Gasteiger partial charge in [0, 0.05) is 30.6 Å². The van der Waals surface area contributed by atoms with Crippen LogP contribution in [-0.4, -0.2) is 51.5 Å². The SMILES string of the molecule is CCN(CC)CCNC(=O)c1ccc(CSc2nc3cccnc3n2Cc2ccccc2)cc1. The van der Waals surface area contributed by atoms with E-state index in [0.29, 0.717) is 12.1 Å². The molecule has 2 aromatic carbocycles. The first kappa shape index (κ1) is 24.0. The first-order valence-electron chi connectivity index (χ1n) is 11.8. The van der Waals surface area contributed by atoms with Gasteiger partial charge in [-0.15, -0.1) is 0 Å². The zero-order valence-electron chi connectivity index (χ0n) is 19.8. The number of aromatic nitrogens is 3. The first-order valence-corrected chi connectivity index (χ1v) is 12.7.